The average Bonchev–Trinajstić information content (AvgIpc) is 2.11. The topological polar surface area (TPSA) is 9.86 Å². The van der Waals surface area contributed by atoms with Crippen LogP contribution in [-0.2, 0) is 10.8 Å². The van der Waals surface area contributed by atoms with Gasteiger partial charge in [-0.1, -0.05) is 244 Å². The zero-order chi connectivity index (χ0) is 57.9. The van der Waals surface area contributed by atoms with Gasteiger partial charge >= 0.3 is 0 Å². The largest absolute Gasteiger partial charge is 0.309 e. The Balaban J connectivity index is 0.594. The van der Waals surface area contributed by atoms with Gasteiger partial charge in [-0.15, -0.1) is 0 Å². The van der Waals surface area contributed by atoms with Crippen molar-refractivity contribution in [3.63, 3.8) is 0 Å². The third-order valence-electron chi connectivity index (χ3n) is 20.8. The van der Waals surface area contributed by atoms with Gasteiger partial charge in [-0.25, -0.2) is 0 Å². The molecule has 0 amide bonds. The molecule has 88 heavy (non-hydrogen) atoms. The molecule has 2 fully saturated rings. The van der Waals surface area contributed by atoms with E-state index in [1.54, 1.807) is 0 Å². The lowest BCUT2D eigenvalue weighted by Crippen LogP contribution is -2.21. The lowest BCUT2D eigenvalue weighted by molar-refractivity contribution is 0.549. The molecule has 4 aliphatic rings. The Kier molecular flexibility index (Phi) is 11.7. The third-order valence-corrected chi connectivity index (χ3v) is 20.8. The maximum atomic E-state index is 2.60. The lowest BCUT2D eigenvalue weighted by atomic mass is 9.75. The number of aromatic nitrogens is 2. The van der Waals surface area contributed by atoms with Gasteiger partial charge in [-0.3, -0.25) is 0 Å². The van der Waals surface area contributed by atoms with Gasteiger partial charge in [0, 0.05) is 43.7 Å². The minimum Gasteiger partial charge on any atom is -0.309 e. The highest BCUT2D eigenvalue weighted by atomic mass is 15.0. The fraction of sp³-hybridized carbons (Fsp3) is 0.116. The number of hydrogen-bond acceptors (Lipinski definition) is 0. The van der Waals surface area contributed by atoms with E-state index in [2.05, 4.69) is 300 Å². The number of hydrogen-bond donors (Lipinski definition) is 0. The second-order valence-electron chi connectivity index (χ2n) is 25.5. The number of para-hydroxylation sites is 4. The first-order valence-electron chi connectivity index (χ1n) is 31.9. The molecule has 0 saturated heterocycles. The van der Waals surface area contributed by atoms with Crippen LogP contribution in [0, 0.1) is 0 Å². The Bertz CT molecular complexity index is 4840. The van der Waals surface area contributed by atoms with Crippen LogP contribution in [0.1, 0.15) is 95.9 Å². The van der Waals surface area contributed by atoms with Gasteiger partial charge in [0.15, 0.2) is 0 Å². The fourth-order valence-corrected chi connectivity index (χ4v) is 16.6. The van der Waals surface area contributed by atoms with Gasteiger partial charge in [-0.05, 0) is 199 Å². The quantitative estimate of drug-likeness (QED) is 0.128. The Labute approximate surface area is 514 Å². The molecular formula is C86H64N2. The van der Waals surface area contributed by atoms with Crippen molar-refractivity contribution in [2.75, 3.05) is 0 Å². The summed E-state index contributed by atoms with van der Waals surface area (Å²) >= 11 is 0. The van der Waals surface area contributed by atoms with Crippen LogP contribution in [0.3, 0.4) is 0 Å². The van der Waals surface area contributed by atoms with Crippen LogP contribution in [0.15, 0.2) is 267 Å². The zero-order valence-electron chi connectivity index (χ0n) is 49.3. The second kappa shape index (κ2) is 20.2. The molecule has 0 unspecified atom stereocenters. The molecular weight excluding hydrogens is 1060 g/mol. The summed E-state index contributed by atoms with van der Waals surface area (Å²) in [5, 5.41) is 5.10. The zero-order valence-corrected chi connectivity index (χ0v) is 49.3. The summed E-state index contributed by atoms with van der Waals surface area (Å²) in [7, 11) is 0. The van der Waals surface area contributed by atoms with Crippen LogP contribution in [0.5, 0.6) is 0 Å². The van der Waals surface area contributed by atoms with Crippen LogP contribution < -0.4 is 0 Å². The highest BCUT2D eigenvalue weighted by molar-refractivity contribution is 6.12. The highest BCUT2D eigenvalue weighted by Gasteiger charge is 2.47. The molecule has 2 heteroatoms. The first kappa shape index (κ1) is 51.0. The van der Waals surface area contributed by atoms with Gasteiger partial charge in [-0.2, -0.15) is 0 Å². The Hall–Kier alpha value is -10.3. The van der Waals surface area contributed by atoms with Gasteiger partial charge in [0.25, 0.3) is 0 Å². The van der Waals surface area contributed by atoms with E-state index in [0.717, 1.165) is 0 Å². The normalized spacial score (nSPS) is 15.2. The molecule has 0 bridgehead atoms. The van der Waals surface area contributed by atoms with Gasteiger partial charge < -0.3 is 9.13 Å². The maximum absolute atomic E-state index is 2.60. The van der Waals surface area contributed by atoms with Gasteiger partial charge in [0.2, 0.25) is 0 Å². The SMILES string of the molecule is C(=Cc1ccc2c(c1)C1(CCCC1)c1cc(-c3ccc4c(c3)C3(CCCC3)c3cc(C=Cc5ccc(-c6ccc7c(c6)c6ccccc6n7-c6ccccc6)cc5)ccc3-4)ccc1-2)c1ccc(-c2ccc3c(c2)c2ccccc2n3-c2ccccc2)cc1. The van der Waals surface area contributed by atoms with Crippen molar-refractivity contribution in [1.82, 2.24) is 9.13 Å². The first-order valence-corrected chi connectivity index (χ1v) is 31.9. The molecule has 2 heterocycles. The lowest BCUT2D eigenvalue weighted by Gasteiger charge is -2.28. The molecule has 12 aromatic carbocycles. The smallest absolute Gasteiger partial charge is 0.0541 e. The molecule has 2 nitrogen and oxygen atoms in total. The summed E-state index contributed by atoms with van der Waals surface area (Å²) in [6.07, 6.45) is 19.1. The predicted molar refractivity (Wildman–Crippen MR) is 372 cm³/mol. The third kappa shape index (κ3) is 8.01. The minimum absolute atomic E-state index is 0.0493. The summed E-state index contributed by atoms with van der Waals surface area (Å²) in [6, 6.07) is 100. The molecule has 0 atom stereocenters. The van der Waals surface area contributed by atoms with Crippen LogP contribution >= 0.6 is 0 Å². The van der Waals surface area contributed by atoms with E-state index >= 15 is 0 Å². The Morgan fingerprint density at radius 2 is 0.545 bits per heavy atom. The number of rotatable bonds is 9. The van der Waals surface area contributed by atoms with E-state index in [9.17, 15) is 0 Å². The molecule has 0 aliphatic heterocycles. The fourth-order valence-electron chi connectivity index (χ4n) is 16.6. The summed E-state index contributed by atoms with van der Waals surface area (Å²) in [4.78, 5) is 0. The standard InChI is InChI=1S/C86H64N2/c1-3-15-67(16-4-1)87-81-21-9-7-19-73(81)75-53-63(39-45-83(75)87)61-33-27-57(28-34-61)23-25-59-31-41-69-71-43-37-65(55-79(71)85(77(69)51-59)47-11-12-48-85)66-38-44-72-70-42-32-60(52-78(70)86(80(72)56-66)49-13-14-50-86)26-24-58-29-35-62(36-30-58)64-40-46-84-76(54-64)74-20-8-10-22-82(74)88(84)68-17-5-2-6-18-68/h1-10,15-46,51-56H,11-14,47-50H2. The molecule has 2 saturated carbocycles. The van der Waals surface area contributed by atoms with Crippen molar-refractivity contribution < 1.29 is 0 Å². The molecule has 418 valence electrons. The number of benzene rings is 12. The van der Waals surface area contributed by atoms with Crippen LogP contribution in [-0.4, -0.2) is 9.13 Å². The van der Waals surface area contributed by atoms with Crippen molar-refractivity contribution in [3.05, 3.63) is 311 Å². The second-order valence-corrected chi connectivity index (χ2v) is 25.5. The molecule has 0 N–H and O–H groups in total. The Morgan fingerprint density at radius 3 is 0.966 bits per heavy atom. The van der Waals surface area contributed by atoms with Crippen molar-refractivity contribution >= 4 is 67.9 Å². The van der Waals surface area contributed by atoms with E-state index in [-0.39, 0.29) is 10.8 Å². The van der Waals surface area contributed by atoms with E-state index < -0.39 is 0 Å². The van der Waals surface area contributed by atoms with Crippen LogP contribution in [0.4, 0.5) is 0 Å². The number of fused-ring (bicyclic) bond motifs is 16. The molecule has 0 radical (unpaired) electrons. The van der Waals surface area contributed by atoms with Gasteiger partial charge in [0.05, 0.1) is 22.1 Å². The Morgan fingerprint density at radius 1 is 0.239 bits per heavy atom. The van der Waals surface area contributed by atoms with E-state index in [0.29, 0.717) is 0 Å². The predicted octanol–water partition coefficient (Wildman–Crippen LogP) is 22.9. The molecule has 2 spiro atoms. The number of nitrogens with zero attached hydrogens (tertiary/aromatic N) is 2. The van der Waals surface area contributed by atoms with E-state index in [4.69, 9.17) is 0 Å². The molecule has 18 rings (SSSR count). The van der Waals surface area contributed by atoms with Crippen molar-refractivity contribution in [3.8, 4) is 67.0 Å². The van der Waals surface area contributed by atoms with E-state index in [1.807, 2.05) is 0 Å². The van der Waals surface area contributed by atoms with Crippen molar-refractivity contribution in [2.45, 2.75) is 62.2 Å². The maximum Gasteiger partial charge on any atom is 0.0541 e. The van der Waals surface area contributed by atoms with Crippen LogP contribution in [0.25, 0.3) is 135 Å². The van der Waals surface area contributed by atoms with Crippen molar-refractivity contribution in [1.29, 1.82) is 0 Å². The molecule has 2 aromatic heterocycles. The summed E-state index contributed by atoms with van der Waals surface area (Å²) in [5.74, 6) is 0. The molecule has 4 aliphatic carbocycles. The summed E-state index contributed by atoms with van der Waals surface area (Å²) in [6.45, 7) is 0. The van der Waals surface area contributed by atoms with E-state index in [1.165, 1.54) is 206 Å². The van der Waals surface area contributed by atoms with Crippen LogP contribution in [0.2, 0.25) is 0 Å². The minimum atomic E-state index is 0.0493. The highest BCUT2D eigenvalue weighted by Crippen LogP contribution is 2.60. The van der Waals surface area contributed by atoms with Gasteiger partial charge in [0.1, 0.15) is 0 Å². The average molecular weight is 1130 g/mol. The monoisotopic (exact) mass is 1120 g/mol. The molecule has 14 aromatic rings. The summed E-state index contributed by atoms with van der Waals surface area (Å²) in [5.41, 5.74) is 31.7. The van der Waals surface area contributed by atoms with Crippen molar-refractivity contribution in [2.24, 2.45) is 0 Å². The summed E-state index contributed by atoms with van der Waals surface area (Å²) < 4.78 is 4.76. The first-order chi connectivity index (χ1) is 43.5.